The van der Waals surface area contributed by atoms with E-state index in [1.807, 2.05) is 26.0 Å². The molecule has 80 valence electrons. The lowest BCUT2D eigenvalue weighted by molar-refractivity contribution is 1.09. The molecule has 0 aliphatic carbocycles. The van der Waals surface area contributed by atoms with Gasteiger partial charge < -0.3 is 0 Å². The van der Waals surface area contributed by atoms with E-state index < -0.39 is 0 Å². The van der Waals surface area contributed by atoms with E-state index in [2.05, 4.69) is 16.3 Å². The maximum Gasteiger partial charge on any atom is 0.103 e. The number of halogens is 1. The van der Waals surface area contributed by atoms with Crippen LogP contribution in [0.5, 0.6) is 0 Å². The number of nitrogens with one attached hydrogen (secondary N) is 1. The molecule has 3 nitrogen and oxygen atoms in total. The minimum Gasteiger partial charge on any atom is -0.276 e. The largest absolute Gasteiger partial charge is 0.276 e. The first kappa shape index (κ1) is 10.7. The zero-order valence-corrected chi connectivity index (χ0v) is 9.76. The van der Waals surface area contributed by atoms with E-state index in [0.717, 1.165) is 27.4 Å². The lowest BCUT2D eigenvalue weighted by Crippen LogP contribution is -1.90. The SMILES string of the molecule is Cc1c(Cl)ccc(-c2[nH]ncc2C#N)c1C. The minimum atomic E-state index is 0.546. The van der Waals surface area contributed by atoms with Gasteiger partial charge in [-0.3, -0.25) is 5.10 Å². The molecule has 0 fully saturated rings. The van der Waals surface area contributed by atoms with Crippen LogP contribution in [-0.4, -0.2) is 10.2 Å². The number of benzene rings is 1. The summed E-state index contributed by atoms with van der Waals surface area (Å²) in [6.45, 7) is 3.95. The van der Waals surface area contributed by atoms with Crippen LogP contribution in [0.15, 0.2) is 18.3 Å². The van der Waals surface area contributed by atoms with Crippen LogP contribution in [0.25, 0.3) is 11.3 Å². The molecule has 0 saturated heterocycles. The fourth-order valence-corrected chi connectivity index (χ4v) is 1.84. The van der Waals surface area contributed by atoms with Crippen molar-refractivity contribution in [3.63, 3.8) is 0 Å². The number of rotatable bonds is 1. The molecule has 1 aromatic carbocycles. The highest BCUT2D eigenvalue weighted by atomic mass is 35.5. The molecular formula is C12H10ClN3. The standard InChI is InChI=1S/C12H10ClN3/c1-7-8(2)11(13)4-3-10(7)12-9(5-14)6-15-16-12/h3-4,6H,1-2H3,(H,15,16). The molecule has 0 unspecified atom stereocenters. The van der Waals surface area contributed by atoms with Crippen LogP contribution in [0, 0.1) is 25.2 Å². The first-order valence-electron chi connectivity index (χ1n) is 4.84. The molecule has 0 aliphatic heterocycles. The second-order valence-electron chi connectivity index (χ2n) is 3.62. The van der Waals surface area contributed by atoms with E-state index >= 15 is 0 Å². The van der Waals surface area contributed by atoms with E-state index in [4.69, 9.17) is 16.9 Å². The van der Waals surface area contributed by atoms with Crippen molar-refractivity contribution in [1.82, 2.24) is 10.2 Å². The summed E-state index contributed by atoms with van der Waals surface area (Å²) in [6, 6.07) is 5.84. The molecule has 0 spiro atoms. The summed E-state index contributed by atoms with van der Waals surface area (Å²) in [6.07, 6.45) is 1.53. The van der Waals surface area contributed by atoms with Gasteiger partial charge in [-0.1, -0.05) is 17.7 Å². The van der Waals surface area contributed by atoms with E-state index in [-0.39, 0.29) is 0 Å². The number of aromatic amines is 1. The van der Waals surface area contributed by atoms with Crippen LogP contribution in [0.2, 0.25) is 5.02 Å². The Morgan fingerprint density at radius 1 is 1.31 bits per heavy atom. The fraction of sp³-hybridized carbons (Fsp3) is 0.167. The van der Waals surface area contributed by atoms with Crippen LogP contribution in [-0.2, 0) is 0 Å². The van der Waals surface area contributed by atoms with Gasteiger partial charge in [-0.25, -0.2) is 0 Å². The van der Waals surface area contributed by atoms with Crippen molar-refractivity contribution in [3.05, 3.63) is 40.0 Å². The second-order valence-corrected chi connectivity index (χ2v) is 4.02. The fourth-order valence-electron chi connectivity index (χ4n) is 1.63. The topological polar surface area (TPSA) is 52.5 Å². The molecule has 0 radical (unpaired) electrons. The third kappa shape index (κ3) is 1.58. The monoisotopic (exact) mass is 231 g/mol. The highest BCUT2D eigenvalue weighted by Crippen LogP contribution is 2.29. The molecule has 0 bridgehead atoms. The van der Waals surface area contributed by atoms with Crippen molar-refractivity contribution in [2.75, 3.05) is 0 Å². The van der Waals surface area contributed by atoms with Gasteiger partial charge in [0.05, 0.1) is 17.5 Å². The highest BCUT2D eigenvalue weighted by Gasteiger charge is 2.12. The smallest absolute Gasteiger partial charge is 0.103 e. The van der Waals surface area contributed by atoms with Gasteiger partial charge in [-0.15, -0.1) is 0 Å². The maximum atomic E-state index is 8.95. The van der Waals surface area contributed by atoms with E-state index in [9.17, 15) is 0 Å². The van der Waals surface area contributed by atoms with Gasteiger partial charge in [0, 0.05) is 10.6 Å². The van der Waals surface area contributed by atoms with E-state index in [1.165, 1.54) is 6.20 Å². The van der Waals surface area contributed by atoms with E-state index in [0.29, 0.717) is 5.56 Å². The second kappa shape index (κ2) is 3.99. The minimum absolute atomic E-state index is 0.546. The lowest BCUT2D eigenvalue weighted by atomic mass is 9.99. The number of nitrogens with zero attached hydrogens (tertiary/aromatic N) is 2. The van der Waals surface area contributed by atoms with Gasteiger partial charge in [-0.05, 0) is 31.0 Å². The number of H-pyrrole nitrogens is 1. The van der Waals surface area contributed by atoms with Crippen molar-refractivity contribution in [2.24, 2.45) is 0 Å². The number of hydrogen-bond acceptors (Lipinski definition) is 2. The van der Waals surface area contributed by atoms with Crippen LogP contribution in [0.3, 0.4) is 0 Å². The Morgan fingerprint density at radius 3 is 2.75 bits per heavy atom. The molecule has 16 heavy (non-hydrogen) atoms. The normalized spacial score (nSPS) is 10.1. The average molecular weight is 232 g/mol. The summed E-state index contributed by atoms with van der Waals surface area (Å²) in [7, 11) is 0. The van der Waals surface area contributed by atoms with Gasteiger partial charge in [0.15, 0.2) is 0 Å². The molecule has 0 aliphatic rings. The van der Waals surface area contributed by atoms with Gasteiger partial charge in [-0.2, -0.15) is 10.4 Å². The molecule has 2 rings (SSSR count). The van der Waals surface area contributed by atoms with Crippen molar-refractivity contribution >= 4 is 11.6 Å². The maximum absolute atomic E-state index is 8.95. The van der Waals surface area contributed by atoms with Gasteiger partial charge in [0.2, 0.25) is 0 Å². The highest BCUT2D eigenvalue weighted by molar-refractivity contribution is 6.31. The molecule has 1 aromatic heterocycles. The average Bonchev–Trinajstić information content (AvgIpc) is 2.74. The molecule has 1 N–H and O–H groups in total. The van der Waals surface area contributed by atoms with Crippen LogP contribution >= 0.6 is 11.6 Å². The van der Waals surface area contributed by atoms with E-state index in [1.54, 1.807) is 0 Å². The summed E-state index contributed by atoms with van der Waals surface area (Å²) in [5, 5.41) is 16.4. The number of aromatic nitrogens is 2. The van der Waals surface area contributed by atoms with Crippen LogP contribution < -0.4 is 0 Å². The molecule has 0 saturated carbocycles. The Kier molecular flexibility index (Phi) is 2.67. The van der Waals surface area contributed by atoms with Gasteiger partial charge in [0.25, 0.3) is 0 Å². The molecule has 1 heterocycles. The Balaban J connectivity index is 2.67. The summed E-state index contributed by atoms with van der Waals surface area (Å²) in [4.78, 5) is 0. The summed E-state index contributed by atoms with van der Waals surface area (Å²) < 4.78 is 0. The summed E-state index contributed by atoms with van der Waals surface area (Å²) >= 11 is 6.03. The van der Waals surface area contributed by atoms with Crippen LogP contribution in [0.1, 0.15) is 16.7 Å². The summed E-state index contributed by atoms with van der Waals surface area (Å²) in [5.41, 5.74) is 4.35. The molecule has 4 heteroatoms. The van der Waals surface area contributed by atoms with Crippen molar-refractivity contribution in [1.29, 1.82) is 5.26 Å². The zero-order valence-electron chi connectivity index (χ0n) is 9.00. The van der Waals surface area contributed by atoms with Crippen molar-refractivity contribution in [3.8, 4) is 17.3 Å². The van der Waals surface area contributed by atoms with Crippen molar-refractivity contribution in [2.45, 2.75) is 13.8 Å². The van der Waals surface area contributed by atoms with Crippen LogP contribution in [0.4, 0.5) is 0 Å². The lowest BCUT2D eigenvalue weighted by Gasteiger charge is -2.08. The molecule has 0 amide bonds. The number of hydrogen-bond donors (Lipinski definition) is 1. The first-order chi connectivity index (χ1) is 7.65. The van der Waals surface area contributed by atoms with Crippen molar-refractivity contribution < 1.29 is 0 Å². The zero-order chi connectivity index (χ0) is 11.7. The third-order valence-electron chi connectivity index (χ3n) is 2.75. The predicted molar refractivity (Wildman–Crippen MR) is 63.2 cm³/mol. The first-order valence-corrected chi connectivity index (χ1v) is 5.22. The Morgan fingerprint density at radius 2 is 2.06 bits per heavy atom. The molecule has 2 aromatic rings. The Hall–Kier alpha value is -1.79. The quantitative estimate of drug-likeness (QED) is 0.819. The van der Waals surface area contributed by atoms with Gasteiger partial charge in [0.1, 0.15) is 6.07 Å². The third-order valence-corrected chi connectivity index (χ3v) is 3.16. The number of nitriles is 1. The Labute approximate surface area is 98.7 Å². The van der Waals surface area contributed by atoms with Gasteiger partial charge >= 0.3 is 0 Å². The predicted octanol–water partition coefficient (Wildman–Crippen LogP) is 3.22. The summed E-state index contributed by atoms with van der Waals surface area (Å²) in [5.74, 6) is 0. The Bertz CT molecular complexity index is 578. The molecule has 0 atom stereocenters. The molecular weight excluding hydrogens is 222 g/mol.